The monoisotopic (exact) mass is 269 g/mol. The van der Waals surface area contributed by atoms with Crippen LogP contribution in [0.5, 0.6) is 0 Å². The van der Waals surface area contributed by atoms with E-state index in [1.54, 1.807) is 0 Å². The number of hydrogen-bond donors (Lipinski definition) is 0. The van der Waals surface area contributed by atoms with E-state index < -0.39 is 0 Å². The zero-order valence-corrected chi connectivity index (χ0v) is 9.98. The molecule has 0 aliphatic rings. The molecule has 0 spiro atoms. The SMILES string of the molecule is Cc1ccc(Br)cc1CC(=O)N=C=S. The molecule has 0 bridgehead atoms. The number of thiocarbonyl (C=S) groups is 1. The molecule has 1 aromatic rings. The lowest BCUT2D eigenvalue weighted by atomic mass is 10.1. The van der Waals surface area contributed by atoms with Crippen molar-refractivity contribution in [1.82, 2.24) is 0 Å². The van der Waals surface area contributed by atoms with Gasteiger partial charge >= 0.3 is 0 Å². The summed E-state index contributed by atoms with van der Waals surface area (Å²) in [6, 6.07) is 5.80. The molecule has 1 amide bonds. The Kier molecular flexibility index (Phi) is 4.14. The average molecular weight is 270 g/mol. The molecule has 2 nitrogen and oxygen atoms in total. The van der Waals surface area contributed by atoms with Crippen LogP contribution >= 0.6 is 28.1 Å². The Morgan fingerprint density at radius 3 is 3.00 bits per heavy atom. The van der Waals surface area contributed by atoms with Crippen molar-refractivity contribution in [2.45, 2.75) is 13.3 Å². The normalized spacial score (nSPS) is 9.29. The quantitative estimate of drug-likeness (QED) is 0.610. The standard InChI is InChI=1S/C10H8BrNOS/c1-7-2-3-9(11)4-8(7)5-10(13)12-6-14/h2-4H,5H2,1H3. The molecule has 0 aromatic heterocycles. The lowest BCUT2D eigenvalue weighted by molar-refractivity contribution is -0.117. The molecule has 0 N–H and O–H groups in total. The molecule has 1 aromatic carbocycles. The summed E-state index contributed by atoms with van der Waals surface area (Å²) in [7, 11) is 0. The van der Waals surface area contributed by atoms with Gasteiger partial charge in [0.1, 0.15) is 0 Å². The first-order valence-electron chi connectivity index (χ1n) is 3.99. The number of amides is 1. The van der Waals surface area contributed by atoms with Gasteiger partial charge < -0.3 is 0 Å². The number of isothiocyanates is 1. The summed E-state index contributed by atoms with van der Waals surface area (Å²) >= 11 is 7.70. The van der Waals surface area contributed by atoms with E-state index in [9.17, 15) is 4.79 Å². The number of nitrogens with zero attached hydrogens (tertiary/aromatic N) is 1. The molecular formula is C10H8BrNOS. The number of benzene rings is 1. The summed E-state index contributed by atoms with van der Waals surface area (Å²) < 4.78 is 0.956. The van der Waals surface area contributed by atoms with Gasteiger partial charge in [0.05, 0.1) is 11.6 Å². The van der Waals surface area contributed by atoms with E-state index in [1.807, 2.05) is 25.1 Å². The van der Waals surface area contributed by atoms with Gasteiger partial charge in [0.2, 0.25) is 0 Å². The number of rotatable bonds is 2. The van der Waals surface area contributed by atoms with Crippen LogP contribution in [-0.2, 0) is 11.2 Å². The highest BCUT2D eigenvalue weighted by Gasteiger charge is 2.04. The van der Waals surface area contributed by atoms with E-state index in [2.05, 4.69) is 38.3 Å². The summed E-state index contributed by atoms with van der Waals surface area (Å²) in [5, 5.41) is 2.07. The van der Waals surface area contributed by atoms with Gasteiger partial charge in [0.15, 0.2) is 0 Å². The molecule has 0 radical (unpaired) electrons. The topological polar surface area (TPSA) is 29.4 Å². The van der Waals surface area contributed by atoms with Crippen LogP contribution in [0.2, 0.25) is 0 Å². The lowest BCUT2D eigenvalue weighted by Gasteiger charge is -2.02. The third kappa shape index (κ3) is 3.14. The first-order valence-corrected chi connectivity index (χ1v) is 5.19. The van der Waals surface area contributed by atoms with Crippen LogP contribution in [0, 0.1) is 6.92 Å². The van der Waals surface area contributed by atoms with Crippen molar-refractivity contribution in [3.8, 4) is 0 Å². The number of carbonyl (C=O) groups excluding carboxylic acids is 1. The molecule has 14 heavy (non-hydrogen) atoms. The molecule has 0 fully saturated rings. The Bertz CT molecular complexity index is 411. The minimum Gasteiger partial charge on any atom is -0.271 e. The first-order chi connectivity index (χ1) is 6.63. The Balaban J connectivity index is 2.90. The molecule has 1 rings (SSSR count). The van der Waals surface area contributed by atoms with Gasteiger partial charge in [-0.1, -0.05) is 22.0 Å². The lowest BCUT2D eigenvalue weighted by Crippen LogP contribution is -2.00. The van der Waals surface area contributed by atoms with E-state index in [4.69, 9.17) is 0 Å². The Morgan fingerprint density at radius 1 is 1.64 bits per heavy atom. The Hall–Kier alpha value is -0.830. The van der Waals surface area contributed by atoms with Crippen molar-refractivity contribution < 1.29 is 4.79 Å². The number of hydrogen-bond acceptors (Lipinski definition) is 2. The largest absolute Gasteiger partial charge is 0.271 e. The van der Waals surface area contributed by atoms with Crippen LogP contribution in [0.1, 0.15) is 11.1 Å². The predicted octanol–water partition coefficient (Wildman–Crippen LogP) is 2.93. The summed E-state index contributed by atoms with van der Waals surface area (Å²) in [5.74, 6) is -0.263. The van der Waals surface area contributed by atoms with Crippen LogP contribution in [-0.4, -0.2) is 11.1 Å². The summed E-state index contributed by atoms with van der Waals surface area (Å²) in [5.41, 5.74) is 2.03. The number of halogens is 1. The zero-order valence-electron chi connectivity index (χ0n) is 7.58. The highest BCUT2D eigenvalue weighted by molar-refractivity contribution is 9.10. The van der Waals surface area contributed by atoms with E-state index in [0.717, 1.165) is 15.6 Å². The molecule has 0 aliphatic heterocycles. The summed E-state index contributed by atoms with van der Waals surface area (Å²) in [6.45, 7) is 1.95. The van der Waals surface area contributed by atoms with Gasteiger partial charge in [-0.05, 0) is 42.4 Å². The van der Waals surface area contributed by atoms with Gasteiger partial charge in [0, 0.05) is 4.47 Å². The first kappa shape index (κ1) is 11.2. The van der Waals surface area contributed by atoms with Gasteiger partial charge in [-0.3, -0.25) is 4.79 Å². The maximum atomic E-state index is 11.2. The van der Waals surface area contributed by atoms with Gasteiger partial charge in [-0.2, -0.15) is 4.99 Å². The zero-order chi connectivity index (χ0) is 10.6. The molecule has 0 aliphatic carbocycles. The van der Waals surface area contributed by atoms with E-state index in [0.29, 0.717) is 0 Å². The van der Waals surface area contributed by atoms with Crippen LogP contribution in [0.3, 0.4) is 0 Å². The van der Waals surface area contributed by atoms with Crippen molar-refractivity contribution >= 4 is 39.2 Å². The number of aryl methyl sites for hydroxylation is 1. The van der Waals surface area contributed by atoms with E-state index >= 15 is 0 Å². The third-order valence-corrected chi connectivity index (χ3v) is 2.41. The van der Waals surface area contributed by atoms with E-state index in [-0.39, 0.29) is 12.3 Å². The van der Waals surface area contributed by atoms with Crippen LogP contribution in [0.25, 0.3) is 0 Å². The Labute approximate surface area is 96.2 Å². The highest BCUT2D eigenvalue weighted by atomic mass is 79.9. The maximum absolute atomic E-state index is 11.2. The molecule has 0 saturated carbocycles. The predicted molar refractivity (Wildman–Crippen MR) is 62.6 cm³/mol. The summed E-state index contributed by atoms with van der Waals surface area (Å²) in [6.07, 6.45) is 0.273. The van der Waals surface area contributed by atoms with Gasteiger partial charge in [0.25, 0.3) is 5.91 Å². The second kappa shape index (κ2) is 5.15. The smallest absolute Gasteiger partial charge is 0.258 e. The van der Waals surface area contributed by atoms with Gasteiger partial charge in [-0.25, -0.2) is 0 Å². The number of carbonyl (C=O) groups is 1. The molecule has 72 valence electrons. The van der Waals surface area contributed by atoms with Crippen molar-refractivity contribution in [2.75, 3.05) is 0 Å². The molecule has 0 saturated heterocycles. The van der Waals surface area contributed by atoms with E-state index in [1.165, 1.54) is 0 Å². The van der Waals surface area contributed by atoms with Crippen LogP contribution < -0.4 is 0 Å². The van der Waals surface area contributed by atoms with Crippen molar-refractivity contribution in [1.29, 1.82) is 0 Å². The maximum Gasteiger partial charge on any atom is 0.258 e. The summed E-state index contributed by atoms with van der Waals surface area (Å²) in [4.78, 5) is 14.6. The fraction of sp³-hybridized carbons (Fsp3) is 0.200. The highest BCUT2D eigenvalue weighted by Crippen LogP contribution is 2.16. The van der Waals surface area contributed by atoms with Crippen LogP contribution in [0.4, 0.5) is 0 Å². The second-order valence-corrected chi connectivity index (χ2v) is 3.94. The molecule has 0 unspecified atom stereocenters. The molecule has 4 heteroatoms. The molecular weight excluding hydrogens is 262 g/mol. The Morgan fingerprint density at radius 2 is 2.36 bits per heavy atom. The minimum absolute atomic E-state index is 0.263. The number of aliphatic imine (C=N–C) groups is 1. The van der Waals surface area contributed by atoms with Crippen LogP contribution in [0.15, 0.2) is 27.7 Å². The fourth-order valence-electron chi connectivity index (χ4n) is 1.08. The van der Waals surface area contributed by atoms with Crippen molar-refractivity contribution in [2.24, 2.45) is 4.99 Å². The fourth-order valence-corrected chi connectivity index (χ4v) is 1.59. The minimum atomic E-state index is -0.263. The second-order valence-electron chi connectivity index (χ2n) is 2.84. The average Bonchev–Trinajstić information content (AvgIpc) is 2.12. The molecule has 0 heterocycles. The molecule has 0 atom stereocenters. The van der Waals surface area contributed by atoms with Crippen molar-refractivity contribution in [3.63, 3.8) is 0 Å². The van der Waals surface area contributed by atoms with Crippen molar-refractivity contribution in [3.05, 3.63) is 33.8 Å². The van der Waals surface area contributed by atoms with Gasteiger partial charge in [-0.15, -0.1) is 0 Å². The third-order valence-electron chi connectivity index (χ3n) is 1.82.